The highest BCUT2D eigenvalue weighted by atomic mass is 35.5. The van der Waals surface area contributed by atoms with Gasteiger partial charge in [-0.25, -0.2) is 4.98 Å². The number of aromatic nitrogens is 1. The van der Waals surface area contributed by atoms with E-state index in [1.54, 1.807) is 16.7 Å². The quantitative estimate of drug-likeness (QED) is 0.397. The minimum Gasteiger partial charge on any atom is -0.309 e. The number of carbonyl (C=O) groups excluding carboxylic acids is 1. The van der Waals surface area contributed by atoms with E-state index in [0.717, 1.165) is 38.8 Å². The molecule has 0 fully saturated rings. The Bertz CT molecular complexity index is 974. The SMILES string of the molecule is CSc1ccc(C(=O)N(CCCN(C)C)c2nc3c(C)cc(Cl)cc3s2)cc1.Cl. The molecule has 4 nitrogen and oxygen atoms in total. The zero-order valence-corrected chi connectivity index (χ0v) is 20.1. The molecule has 1 heterocycles. The molecule has 29 heavy (non-hydrogen) atoms. The van der Waals surface area contributed by atoms with E-state index < -0.39 is 0 Å². The second-order valence-electron chi connectivity index (χ2n) is 6.91. The lowest BCUT2D eigenvalue weighted by Crippen LogP contribution is -2.33. The van der Waals surface area contributed by atoms with Crippen LogP contribution in [0, 0.1) is 6.92 Å². The van der Waals surface area contributed by atoms with Crippen molar-refractivity contribution in [2.45, 2.75) is 18.2 Å². The van der Waals surface area contributed by atoms with Gasteiger partial charge in [-0.3, -0.25) is 9.69 Å². The van der Waals surface area contributed by atoms with Crippen LogP contribution in [0.4, 0.5) is 5.13 Å². The third kappa shape index (κ3) is 5.86. The van der Waals surface area contributed by atoms with Crippen LogP contribution in [0.15, 0.2) is 41.3 Å². The van der Waals surface area contributed by atoms with Gasteiger partial charge in [-0.15, -0.1) is 24.2 Å². The Balaban J connectivity index is 0.00000300. The van der Waals surface area contributed by atoms with Gasteiger partial charge in [-0.1, -0.05) is 22.9 Å². The second-order valence-corrected chi connectivity index (χ2v) is 9.23. The Labute approximate surface area is 191 Å². The third-order valence-corrected chi connectivity index (χ3v) is 6.43. The molecule has 0 radical (unpaired) electrons. The van der Waals surface area contributed by atoms with Gasteiger partial charge in [0.15, 0.2) is 5.13 Å². The van der Waals surface area contributed by atoms with Crippen LogP contribution in [0.5, 0.6) is 0 Å². The van der Waals surface area contributed by atoms with Gasteiger partial charge in [0.05, 0.1) is 10.2 Å². The number of nitrogens with zero attached hydrogens (tertiary/aromatic N) is 3. The molecule has 0 atom stereocenters. The molecular formula is C21H25Cl2N3OS2. The highest BCUT2D eigenvalue weighted by Gasteiger charge is 2.22. The average Bonchev–Trinajstić information content (AvgIpc) is 3.08. The van der Waals surface area contributed by atoms with Crippen molar-refractivity contribution in [3.63, 3.8) is 0 Å². The largest absolute Gasteiger partial charge is 0.309 e. The van der Waals surface area contributed by atoms with E-state index in [-0.39, 0.29) is 18.3 Å². The molecule has 0 spiro atoms. The van der Waals surface area contributed by atoms with E-state index in [0.29, 0.717) is 17.1 Å². The van der Waals surface area contributed by atoms with Crippen molar-refractivity contribution in [1.29, 1.82) is 0 Å². The molecule has 156 valence electrons. The number of carbonyl (C=O) groups is 1. The highest BCUT2D eigenvalue weighted by molar-refractivity contribution is 7.98. The predicted molar refractivity (Wildman–Crippen MR) is 130 cm³/mol. The summed E-state index contributed by atoms with van der Waals surface area (Å²) in [6.45, 7) is 3.52. The van der Waals surface area contributed by atoms with Crippen molar-refractivity contribution in [3.05, 3.63) is 52.5 Å². The summed E-state index contributed by atoms with van der Waals surface area (Å²) in [5.41, 5.74) is 2.61. The number of thiazole rings is 1. The number of halogens is 2. The van der Waals surface area contributed by atoms with Crippen molar-refractivity contribution in [1.82, 2.24) is 9.88 Å². The van der Waals surface area contributed by atoms with Crippen molar-refractivity contribution in [2.24, 2.45) is 0 Å². The molecule has 0 aliphatic heterocycles. The summed E-state index contributed by atoms with van der Waals surface area (Å²) in [6.07, 6.45) is 2.90. The van der Waals surface area contributed by atoms with Crippen LogP contribution in [-0.2, 0) is 0 Å². The van der Waals surface area contributed by atoms with E-state index in [2.05, 4.69) is 4.90 Å². The van der Waals surface area contributed by atoms with E-state index in [9.17, 15) is 4.79 Å². The fraction of sp³-hybridized carbons (Fsp3) is 0.333. The van der Waals surface area contributed by atoms with Crippen LogP contribution in [0.1, 0.15) is 22.3 Å². The van der Waals surface area contributed by atoms with Crippen LogP contribution in [0.2, 0.25) is 5.02 Å². The Morgan fingerprint density at radius 2 is 1.86 bits per heavy atom. The number of hydrogen-bond donors (Lipinski definition) is 0. The van der Waals surface area contributed by atoms with Gasteiger partial charge in [0.25, 0.3) is 5.91 Å². The van der Waals surface area contributed by atoms with Crippen molar-refractivity contribution >= 4 is 68.4 Å². The molecule has 1 amide bonds. The first kappa shape index (κ1) is 24.0. The summed E-state index contributed by atoms with van der Waals surface area (Å²) in [4.78, 5) is 23.1. The third-order valence-electron chi connectivity index (χ3n) is 4.44. The number of fused-ring (bicyclic) bond motifs is 1. The predicted octanol–water partition coefficient (Wildman–Crippen LogP) is 6.00. The van der Waals surface area contributed by atoms with Crippen LogP contribution < -0.4 is 4.90 Å². The van der Waals surface area contributed by atoms with Crippen LogP contribution in [0.25, 0.3) is 10.2 Å². The van der Waals surface area contributed by atoms with Gasteiger partial charge in [0, 0.05) is 22.0 Å². The molecule has 1 aromatic heterocycles. The summed E-state index contributed by atoms with van der Waals surface area (Å²) >= 11 is 9.39. The lowest BCUT2D eigenvalue weighted by molar-refractivity contribution is 0.0986. The molecular weight excluding hydrogens is 445 g/mol. The molecule has 0 bridgehead atoms. The number of aryl methyl sites for hydroxylation is 1. The average molecular weight is 470 g/mol. The van der Waals surface area contributed by atoms with E-state index in [1.807, 2.05) is 63.7 Å². The first-order valence-electron chi connectivity index (χ1n) is 9.06. The first-order chi connectivity index (χ1) is 13.4. The lowest BCUT2D eigenvalue weighted by atomic mass is 10.2. The van der Waals surface area contributed by atoms with E-state index in [4.69, 9.17) is 16.6 Å². The van der Waals surface area contributed by atoms with Crippen LogP contribution in [-0.4, -0.2) is 49.2 Å². The number of rotatable bonds is 7. The molecule has 0 aliphatic rings. The number of hydrogen-bond acceptors (Lipinski definition) is 5. The summed E-state index contributed by atoms with van der Waals surface area (Å²) in [5, 5.41) is 1.41. The maximum atomic E-state index is 13.3. The maximum Gasteiger partial charge on any atom is 0.260 e. The first-order valence-corrected chi connectivity index (χ1v) is 11.5. The summed E-state index contributed by atoms with van der Waals surface area (Å²) < 4.78 is 1.00. The molecule has 3 rings (SSSR count). The fourth-order valence-electron chi connectivity index (χ4n) is 2.98. The topological polar surface area (TPSA) is 36.4 Å². The number of benzene rings is 2. The van der Waals surface area contributed by atoms with Crippen LogP contribution in [0.3, 0.4) is 0 Å². The maximum absolute atomic E-state index is 13.3. The zero-order valence-electron chi connectivity index (χ0n) is 16.9. The van der Waals surface area contributed by atoms with Crippen molar-refractivity contribution < 1.29 is 4.79 Å². The van der Waals surface area contributed by atoms with E-state index in [1.165, 1.54) is 11.3 Å². The highest BCUT2D eigenvalue weighted by Crippen LogP contribution is 2.33. The zero-order chi connectivity index (χ0) is 20.3. The Hall–Kier alpha value is -1.31. The minimum atomic E-state index is -0.0192. The van der Waals surface area contributed by atoms with Crippen molar-refractivity contribution in [3.8, 4) is 0 Å². The molecule has 0 saturated carbocycles. The molecule has 2 aromatic carbocycles. The van der Waals surface area contributed by atoms with Gasteiger partial charge in [0.1, 0.15) is 0 Å². The fourth-order valence-corrected chi connectivity index (χ4v) is 4.83. The molecule has 8 heteroatoms. The van der Waals surface area contributed by atoms with Gasteiger partial charge in [-0.2, -0.15) is 0 Å². The van der Waals surface area contributed by atoms with Gasteiger partial charge >= 0.3 is 0 Å². The number of thioether (sulfide) groups is 1. The Morgan fingerprint density at radius 3 is 2.48 bits per heavy atom. The number of amides is 1. The summed E-state index contributed by atoms with van der Waals surface area (Å²) in [5.74, 6) is -0.0192. The van der Waals surface area contributed by atoms with Gasteiger partial charge in [0.2, 0.25) is 0 Å². The Kier molecular flexibility index (Phi) is 8.79. The van der Waals surface area contributed by atoms with E-state index >= 15 is 0 Å². The number of anilines is 1. The monoisotopic (exact) mass is 469 g/mol. The summed E-state index contributed by atoms with van der Waals surface area (Å²) in [6, 6.07) is 11.6. The summed E-state index contributed by atoms with van der Waals surface area (Å²) in [7, 11) is 4.08. The molecule has 0 N–H and O–H groups in total. The molecule has 0 unspecified atom stereocenters. The van der Waals surface area contributed by atoms with Gasteiger partial charge in [-0.05, 0) is 82.2 Å². The lowest BCUT2D eigenvalue weighted by Gasteiger charge is -2.21. The normalized spacial score (nSPS) is 11.0. The minimum absolute atomic E-state index is 0. The molecule has 3 aromatic rings. The smallest absolute Gasteiger partial charge is 0.260 e. The second kappa shape index (κ2) is 10.6. The molecule has 0 aliphatic carbocycles. The van der Waals surface area contributed by atoms with Crippen molar-refractivity contribution in [2.75, 3.05) is 38.3 Å². The van der Waals surface area contributed by atoms with Crippen LogP contribution >= 0.6 is 47.1 Å². The Morgan fingerprint density at radius 1 is 1.17 bits per heavy atom. The van der Waals surface area contributed by atoms with Gasteiger partial charge < -0.3 is 4.90 Å². The standard InChI is InChI=1S/C21H24ClN3OS2.ClH/c1-14-12-16(22)13-18-19(14)23-21(28-18)25(11-5-10-24(2)3)20(26)15-6-8-17(27-4)9-7-15;/h6-9,12-13H,5,10-11H2,1-4H3;1H. The molecule has 0 saturated heterocycles.